The van der Waals surface area contributed by atoms with E-state index in [0.717, 1.165) is 11.4 Å². The van der Waals surface area contributed by atoms with Crippen LogP contribution in [-0.4, -0.2) is 27.6 Å². The molecule has 8 heteroatoms. The van der Waals surface area contributed by atoms with Crippen molar-refractivity contribution in [3.63, 3.8) is 0 Å². The van der Waals surface area contributed by atoms with Crippen LogP contribution in [0.4, 0.5) is 11.6 Å². The normalized spacial score (nSPS) is 10.5. The zero-order valence-electron chi connectivity index (χ0n) is 13.5. The number of hydrogen-bond acceptors (Lipinski definition) is 6. The Labute approximate surface area is 149 Å². The van der Waals surface area contributed by atoms with Gasteiger partial charge in [0, 0.05) is 17.6 Å². The number of nitrogens with one attached hydrogen (secondary N) is 2. The monoisotopic (exact) mass is 357 g/mol. The fraction of sp³-hybridized carbons (Fsp3) is 0.176. The molecule has 0 bridgehead atoms. The van der Waals surface area contributed by atoms with Gasteiger partial charge in [-0.2, -0.15) is 0 Å². The van der Waals surface area contributed by atoms with Gasteiger partial charge in [-0.25, -0.2) is 9.97 Å². The molecule has 0 aliphatic rings. The topological polar surface area (TPSA) is 92.9 Å². The first-order valence-electron chi connectivity index (χ1n) is 7.65. The number of benzene rings is 1. The third-order valence-corrected chi connectivity index (χ3v) is 3.64. The summed E-state index contributed by atoms with van der Waals surface area (Å²) in [7, 11) is 0. The van der Waals surface area contributed by atoms with Crippen LogP contribution in [0.1, 0.15) is 21.8 Å². The molecule has 1 aromatic carbocycles. The number of anilines is 2. The Morgan fingerprint density at radius 1 is 1.16 bits per heavy atom. The van der Waals surface area contributed by atoms with Crippen molar-refractivity contribution in [3.8, 4) is 0 Å². The van der Waals surface area contributed by atoms with Gasteiger partial charge < -0.3 is 15.2 Å². The number of carbonyl (C=O) groups is 1. The molecule has 0 aliphatic heterocycles. The van der Waals surface area contributed by atoms with Gasteiger partial charge in [-0.1, -0.05) is 28.9 Å². The summed E-state index contributed by atoms with van der Waals surface area (Å²) in [5.41, 5.74) is 1.37. The number of halogens is 1. The van der Waals surface area contributed by atoms with Crippen LogP contribution in [0.15, 0.2) is 47.2 Å². The summed E-state index contributed by atoms with van der Waals surface area (Å²) in [5, 5.41) is 10.2. The van der Waals surface area contributed by atoms with Gasteiger partial charge in [0.05, 0.1) is 12.4 Å². The van der Waals surface area contributed by atoms with E-state index in [9.17, 15) is 4.79 Å². The summed E-state index contributed by atoms with van der Waals surface area (Å²) in [5.74, 6) is 1.16. The number of amides is 1. The third-order valence-electron chi connectivity index (χ3n) is 3.39. The highest BCUT2D eigenvalue weighted by Gasteiger charge is 2.10. The number of hydrogen-bond donors (Lipinski definition) is 2. The third kappa shape index (κ3) is 4.77. The first kappa shape index (κ1) is 16.9. The maximum absolute atomic E-state index is 12.0. The average molecular weight is 358 g/mol. The van der Waals surface area contributed by atoms with E-state index < -0.39 is 5.91 Å². The second-order valence-electron chi connectivity index (χ2n) is 5.37. The Balaban J connectivity index is 1.51. The zero-order chi connectivity index (χ0) is 17.6. The molecule has 0 radical (unpaired) electrons. The summed E-state index contributed by atoms with van der Waals surface area (Å²) in [6, 6.07) is 9.31. The predicted octanol–water partition coefficient (Wildman–Crippen LogP) is 3.33. The highest BCUT2D eigenvalue weighted by atomic mass is 35.5. The Morgan fingerprint density at radius 2 is 1.96 bits per heavy atom. The number of rotatable bonds is 6. The molecule has 7 nitrogen and oxygen atoms in total. The molecule has 3 aromatic rings. The molecule has 0 spiro atoms. The molecule has 0 aliphatic carbocycles. The first-order valence-corrected chi connectivity index (χ1v) is 8.03. The second kappa shape index (κ2) is 7.76. The van der Waals surface area contributed by atoms with E-state index in [4.69, 9.17) is 16.1 Å². The minimum Gasteiger partial charge on any atom is -0.368 e. The highest BCUT2D eigenvalue weighted by molar-refractivity contribution is 6.30. The second-order valence-corrected chi connectivity index (χ2v) is 5.80. The molecule has 0 fully saturated rings. The van der Waals surface area contributed by atoms with Crippen molar-refractivity contribution in [2.45, 2.75) is 13.3 Å². The van der Waals surface area contributed by atoms with Crippen LogP contribution in [0.25, 0.3) is 0 Å². The molecule has 0 saturated carbocycles. The standard InChI is InChI=1S/C17H16ClN5O2/c1-11-8-15(23-25-11)22-17(24)14-9-21-16(10-20-14)19-7-6-12-2-4-13(18)5-3-12/h2-5,8-10H,6-7H2,1H3,(H,19,21)(H,22,23,24). The number of nitrogens with zero attached hydrogens (tertiary/aromatic N) is 3. The van der Waals surface area contributed by atoms with E-state index >= 15 is 0 Å². The lowest BCUT2D eigenvalue weighted by Crippen LogP contribution is -2.15. The lowest BCUT2D eigenvalue weighted by Gasteiger charge is -2.06. The summed E-state index contributed by atoms with van der Waals surface area (Å²) in [4.78, 5) is 20.3. The molecule has 0 saturated heterocycles. The van der Waals surface area contributed by atoms with Gasteiger partial charge in [-0.05, 0) is 31.0 Å². The largest absolute Gasteiger partial charge is 0.368 e. The molecule has 2 N–H and O–H groups in total. The SMILES string of the molecule is Cc1cc(NC(=O)c2cnc(NCCc3ccc(Cl)cc3)cn2)no1. The lowest BCUT2D eigenvalue weighted by molar-refractivity contribution is 0.102. The van der Waals surface area contributed by atoms with Gasteiger partial charge in [0.15, 0.2) is 5.82 Å². The molecule has 0 unspecified atom stereocenters. The predicted molar refractivity (Wildman–Crippen MR) is 94.9 cm³/mol. The van der Waals surface area contributed by atoms with Crippen LogP contribution >= 0.6 is 11.6 Å². The van der Waals surface area contributed by atoms with Crippen molar-refractivity contribution in [2.24, 2.45) is 0 Å². The Hall–Kier alpha value is -2.93. The molecule has 2 aromatic heterocycles. The van der Waals surface area contributed by atoms with Crippen LogP contribution < -0.4 is 10.6 Å². The van der Waals surface area contributed by atoms with Crippen LogP contribution in [0.5, 0.6) is 0 Å². The molecule has 1 amide bonds. The summed E-state index contributed by atoms with van der Waals surface area (Å²) >= 11 is 5.86. The van der Waals surface area contributed by atoms with Gasteiger partial charge in [0.2, 0.25) is 0 Å². The van der Waals surface area contributed by atoms with Crippen molar-refractivity contribution in [1.82, 2.24) is 15.1 Å². The van der Waals surface area contributed by atoms with E-state index in [1.807, 2.05) is 24.3 Å². The maximum Gasteiger partial charge on any atom is 0.277 e. The molecule has 2 heterocycles. The highest BCUT2D eigenvalue weighted by Crippen LogP contribution is 2.11. The molecule has 128 valence electrons. The van der Waals surface area contributed by atoms with E-state index in [1.54, 1.807) is 13.0 Å². The van der Waals surface area contributed by atoms with Gasteiger partial charge in [-0.3, -0.25) is 4.79 Å². The van der Waals surface area contributed by atoms with Gasteiger partial charge in [-0.15, -0.1) is 0 Å². The molecular formula is C17H16ClN5O2. The fourth-order valence-corrected chi connectivity index (χ4v) is 2.25. The minimum absolute atomic E-state index is 0.198. The lowest BCUT2D eigenvalue weighted by atomic mass is 10.1. The Morgan fingerprint density at radius 3 is 2.60 bits per heavy atom. The van der Waals surface area contributed by atoms with E-state index in [2.05, 4.69) is 25.8 Å². The molecule has 3 rings (SSSR count). The number of aryl methyl sites for hydroxylation is 1. The quantitative estimate of drug-likeness (QED) is 0.702. The summed E-state index contributed by atoms with van der Waals surface area (Å²) < 4.78 is 4.89. The Kier molecular flexibility index (Phi) is 5.25. The summed E-state index contributed by atoms with van der Waals surface area (Å²) in [6.45, 7) is 2.44. The van der Waals surface area contributed by atoms with E-state index in [-0.39, 0.29) is 5.69 Å². The van der Waals surface area contributed by atoms with Crippen molar-refractivity contribution >= 4 is 29.1 Å². The fourth-order valence-electron chi connectivity index (χ4n) is 2.13. The molecular weight excluding hydrogens is 342 g/mol. The average Bonchev–Trinajstić information content (AvgIpc) is 3.02. The van der Waals surface area contributed by atoms with E-state index in [0.29, 0.717) is 23.9 Å². The molecule has 0 atom stereocenters. The van der Waals surface area contributed by atoms with Crippen molar-refractivity contribution in [1.29, 1.82) is 0 Å². The number of carbonyl (C=O) groups excluding carboxylic acids is 1. The van der Waals surface area contributed by atoms with E-state index in [1.165, 1.54) is 18.0 Å². The van der Waals surface area contributed by atoms with Crippen LogP contribution in [-0.2, 0) is 6.42 Å². The van der Waals surface area contributed by atoms with Crippen LogP contribution in [0, 0.1) is 6.92 Å². The van der Waals surface area contributed by atoms with Crippen molar-refractivity contribution < 1.29 is 9.32 Å². The smallest absolute Gasteiger partial charge is 0.277 e. The maximum atomic E-state index is 12.0. The Bertz CT molecular complexity index is 846. The van der Waals surface area contributed by atoms with Gasteiger partial charge in [0.1, 0.15) is 17.3 Å². The minimum atomic E-state index is -0.395. The molecule has 25 heavy (non-hydrogen) atoms. The van der Waals surface area contributed by atoms with Crippen molar-refractivity contribution in [2.75, 3.05) is 17.2 Å². The summed E-state index contributed by atoms with van der Waals surface area (Å²) in [6.07, 6.45) is 3.75. The van der Waals surface area contributed by atoms with Gasteiger partial charge >= 0.3 is 0 Å². The van der Waals surface area contributed by atoms with Crippen LogP contribution in [0.3, 0.4) is 0 Å². The zero-order valence-corrected chi connectivity index (χ0v) is 14.2. The number of aromatic nitrogens is 3. The first-order chi connectivity index (χ1) is 12.1. The van der Waals surface area contributed by atoms with Gasteiger partial charge in [0.25, 0.3) is 5.91 Å². The van der Waals surface area contributed by atoms with Crippen LogP contribution in [0.2, 0.25) is 5.02 Å². The van der Waals surface area contributed by atoms with Crippen molar-refractivity contribution in [3.05, 3.63) is 64.8 Å².